The van der Waals surface area contributed by atoms with Crippen molar-refractivity contribution in [2.24, 2.45) is 5.73 Å². The van der Waals surface area contributed by atoms with Gasteiger partial charge in [-0.2, -0.15) is 0 Å². The van der Waals surface area contributed by atoms with E-state index in [1.165, 1.54) is 0 Å². The molecule has 1 heterocycles. The molecular formula is C8H17NO2. The average molecular weight is 159 g/mol. The van der Waals surface area contributed by atoms with Gasteiger partial charge in [0.15, 0.2) is 0 Å². The second-order valence-electron chi connectivity index (χ2n) is 3.23. The van der Waals surface area contributed by atoms with Gasteiger partial charge in [-0.05, 0) is 6.42 Å². The lowest BCUT2D eigenvalue weighted by atomic mass is 9.85. The van der Waals surface area contributed by atoms with Crippen LogP contribution in [0.15, 0.2) is 0 Å². The number of hydrogen-bond acceptors (Lipinski definition) is 3. The summed E-state index contributed by atoms with van der Waals surface area (Å²) in [7, 11) is 0. The molecule has 0 aromatic rings. The highest BCUT2D eigenvalue weighted by Gasteiger charge is 2.34. The quantitative estimate of drug-likeness (QED) is 0.608. The summed E-state index contributed by atoms with van der Waals surface area (Å²) in [5.74, 6) is 0. The number of ether oxygens (including phenoxy) is 1. The van der Waals surface area contributed by atoms with E-state index in [0.29, 0.717) is 26.1 Å². The van der Waals surface area contributed by atoms with Crippen molar-refractivity contribution >= 4 is 0 Å². The Labute approximate surface area is 67.5 Å². The number of hydrogen-bond donors (Lipinski definition) is 2. The molecule has 0 spiro atoms. The van der Waals surface area contributed by atoms with Gasteiger partial charge in [-0.1, -0.05) is 6.92 Å². The maximum absolute atomic E-state index is 9.93. The average Bonchev–Trinajstić information content (AvgIpc) is 2.04. The van der Waals surface area contributed by atoms with Crippen molar-refractivity contribution in [1.82, 2.24) is 0 Å². The first-order chi connectivity index (χ1) is 5.19. The zero-order valence-electron chi connectivity index (χ0n) is 7.05. The fourth-order valence-corrected chi connectivity index (χ4v) is 1.48. The van der Waals surface area contributed by atoms with Crippen molar-refractivity contribution in [3.63, 3.8) is 0 Å². The maximum atomic E-state index is 9.93. The van der Waals surface area contributed by atoms with Crippen LogP contribution in [-0.2, 0) is 4.74 Å². The minimum absolute atomic E-state index is 0.0913. The monoisotopic (exact) mass is 159 g/mol. The molecule has 0 bridgehead atoms. The molecule has 0 amide bonds. The molecular weight excluding hydrogens is 142 g/mol. The van der Waals surface area contributed by atoms with Gasteiger partial charge in [-0.3, -0.25) is 0 Å². The third-order valence-corrected chi connectivity index (χ3v) is 2.49. The van der Waals surface area contributed by atoms with Gasteiger partial charge < -0.3 is 15.6 Å². The fourth-order valence-electron chi connectivity index (χ4n) is 1.48. The van der Waals surface area contributed by atoms with Crippen molar-refractivity contribution in [2.75, 3.05) is 13.2 Å². The molecule has 0 radical (unpaired) electrons. The molecule has 1 atom stereocenters. The topological polar surface area (TPSA) is 55.5 Å². The molecule has 3 N–H and O–H groups in total. The molecule has 1 saturated heterocycles. The van der Waals surface area contributed by atoms with Crippen LogP contribution in [0.5, 0.6) is 0 Å². The predicted octanol–water partition coefficient (Wildman–Crippen LogP) is 0.265. The molecule has 1 aliphatic rings. The summed E-state index contributed by atoms with van der Waals surface area (Å²) in [4.78, 5) is 0. The predicted molar refractivity (Wildman–Crippen MR) is 43.3 cm³/mol. The highest BCUT2D eigenvalue weighted by atomic mass is 16.5. The van der Waals surface area contributed by atoms with E-state index >= 15 is 0 Å². The molecule has 1 fully saturated rings. The summed E-state index contributed by atoms with van der Waals surface area (Å²) in [5, 5.41) is 9.93. The van der Waals surface area contributed by atoms with E-state index in [0.717, 1.165) is 6.42 Å². The Balaban J connectivity index is 2.49. The van der Waals surface area contributed by atoms with Gasteiger partial charge in [0, 0.05) is 32.1 Å². The van der Waals surface area contributed by atoms with Crippen LogP contribution in [0.4, 0.5) is 0 Å². The minimum Gasteiger partial charge on any atom is -0.388 e. The van der Waals surface area contributed by atoms with Crippen LogP contribution in [0, 0.1) is 0 Å². The third-order valence-electron chi connectivity index (χ3n) is 2.49. The molecule has 1 aliphatic heterocycles. The molecule has 0 aromatic carbocycles. The molecule has 0 aromatic heterocycles. The lowest BCUT2D eigenvalue weighted by molar-refractivity contribution is -0.0785. The van der Waals surface area contributed by atoms with Crippen LogP contribution in [0.2, 0.25) is 0 Å². The first-order valence-electron chi connectivity index (χ1n) is 4.25. The summed E-state index contributed by atoms with van der Waals surface area (Å²) in [6.07, 6.45) is 2.19. The number of aliphatic hydroxyl groups is 1. The van der Waals surface area contributed by atoms with Gasteiger partial charge in [0.1, 0.15) is 0 Å². The first kappa shape index (κ1) is 8.97. The van der Waals surface area contributed by atoms with E-state index in [1.54, 1.807) is 0 Å². The summed E-state index contributed by atoms with van der Waals surface area (Å²) < 4.78 is 5.14. The molecule has 0 aliphatic carbocycles. The first-order valence-corrected chi connectivity index (χ1v) is 4.25. The van der Waals surface area contributed by atoms with Crippen molar-refractivity contribution in [3.8, 4) is 0 Å². The van der Waals surface area contributed by atoms with Crippen LogP contribution >= 0.6 is 0 Å². The van der Waals surface area contributed by atoms with E-state index in [4.69, 9.17) is 10.5 Å². The van der Waals surface area contributed by atoms with E-state index < -0.39 is 5.60 Å². The molecule has 1 rings (SSSR count). The van der Waals surface area contributed by atoms with Crippen molar-refractivity contribution < 1.29 is 9.84 Å². The Kier molecular flexibility index (Phi) is 2.87. The lowest BCUT2D eigenvalue weighted by Crippen LogP contribution is -2.51. The fraction of sp³-hybridized carbons (Fsp3) is 1.00. The van der Waals surface area contributed by atoms with Crippen molar-refractivity contribution in [3.05, 3.63) is 0 Å². The highest BCUT2D eigenvalue weighted by Crippen LogP contribution is 2.24. The number of rotatable bonds is 2. The van der Waals surface area contributed by atoms with E-state index in [-0.39, 0.29) is 6.04 Å². The molecule has 3 heteroatoms. The maximum Gasteiger partial charge on any atom is 0.0841 e. The molecule has 1 unspecified atom stereocenters. The van der Waals surface area contributed by atoms with Gasteiger partial charge in [-0.15, -0.1) is 0 Å². The lowest BCUT2D eigenvalue weighted by Gasteiger charge is -2.36. The standard InChI is InChI=1S/C8H17NO2/c1-2-7(9)8(10)3-5-11-6-4-8/h7,10H,2-6,9H2,1H3. The van der Waals surface area contributed by atoms with Crippen molar-refractivity contribution in [1.29, 1.82) is 0 Å². The Bertz CT molecular complexity index is 121. The molecule has 3 nitrogen and oxygen atoms in total. The highest BCUT2D eigenvalue weighted by molar-refractivity contribution is 4.90. The summed E-state index contributed by atoms with van der Waals surface area (Å²) in [5.41, 5.74) is 5.12. The van der Waals surface area contributed by atoms with Crippen LogP contribution in [0.1, 0.15) is 26.2 Å². The Hall–Kier alpha value is -0.120. The van der Waals surface area contributed by atoms with Crippen molar-refractivity contribution in [2.45, 2.75) is 37.8 Å². The minimum atomic E-state index is -0.660. The Morgan fingerprint density at radius 3 is 2.55 bits per heavy atom. The van der Waals surface area contributed by atoms with Crippen LogP contribution in [0.25, 0.3) is 0 Å². The largest absolute Gasteiger partial charge is 0.388 e. The van der Waals surface area contributed by atoms with Gasteiger partial charge >= 0.3 is 0 Å². The van der Waals surface area contributed by atoms with Gasteiger partial charge in [0.05, 0.1) is 5.60 Å². The molecule has 0 saturated carbocycles. The smallest absolute Gasteiger partial charge is 0.0841 e. The molecule has 66 valence electrons. The zero-order valence-corrected chi connectivity index (χ0v) is 7.05. The van der Waals surface area contributed by atoms with E-state index in [2.05, 4.69) is 0 Å². The van der Waals surface area contributed by atoms with Gasteiger partial charge in [-0.25, -0.2) is 0 Å². The Morgan fingerprint density at radius 2 is 2.09 bits per heavy atom. The van der Waals surface area contributed by atoms with Gasteiger partial charge in [0.2, 0.25) is 0 Å². The summed E-state index contributed by atoms with van der Waals surface area (Å²) in [6.45, 7) is 3.28. The van der Waals surface area contributed by atoms with Crippen LogP contribution in [-0.4, -0.2) is 30.0 Å². The normalized spacial score (nSPS) is 26.5. The second kappa shape index (κ2) is 3.52. The summed E-state index contributed by atoms with van der Waals surface area (Å²) in [6, 6.07) is -0.0913. The third kappa shape index (κ3) is 1.92. The number of nitrogens with two attached hydrogens (primary N) is 1. The second-order valence-corrected chi connectivity index (χ2v) is 3.23. The van der Waals surface area contributed by atoms with E-state index in [9.17, 15) is 5.11 Å². The zero-order chi connectivity index (χ0) is 8.32. The van der Waals surface area contributed by atoms with Crippen LogP contribution in [0.3, 0.4) is 0 Å². The summed E-state index contributed by atoms with van der Waals surface area (Å²) >= 11 is 0. The Morgan fingerprint density at radius 1 is 1.55 bits per heavy atom. The van der Waals surface area contributed by atoms with E-state index in [1.807, 2.05) is 6.92 Å². The SMILES string of the molecule is CCC(N)C1(O)CCOCC1. The van der Waals surface area contributed by atoms with Crippen LogP contribution < -0.4 is 5.73 Å². The van der Waals surface area contributed by atoms with Gasteiger partial charge in [0.25, 0.3) is 0 Å². The molecule has 11 heavy (non-hydrogen) atoms.